The highest BCUT2D eigenvalue weighted by Crippen LogP contribution is 2.40. The van der Waals surface area contributed by atoms with Gasteiger partial charge in [0, 0.05) is 30.5 Å². The summed E-state index contributed by atoms with van der Waals surface area (Å²) in [5.41, 5.74) is 1.36. The molecule has 0 unspecified atom stereocenters. The fourth-order valence-corrected chi connectivity index (χ4v) is 3.52. The third-order valence-corrected chi connectivity index (χ3v) is 5.09. The molecule has 0 bridgehead atoms. The number of Topliss-reactive ketones (excluding diaryl/α,β-unsaturated/α-hetero) is 1. The largest absolute Gasteiger partial charge is 0.435 e. The highest BCUT2D eigenvalue weighted by atomic mass is 16.4. The van der Waals surface area contributed by atoms with Gasteiger partial charge in [-0.05, 0) is 32.6 Å². The summed E-state index contributed by atoms with van der Waals surface area (Å²) in [6, 6.07) is 9.21. The van der Waals surface area contributed by atoms with Gasteiger partial charge in [-0.3, -0.25) is 9.59 Å². The van der Waals surface area contributed by atoms with Gasteiger partial charge in [0.2, 0.25) is 5.76 Å². The summed E-state index contributed by atoms with van der Waals surface area (Å²) >= 11 is 0. The van der Waals surface area contributed by atoms with Gasteiger partial charge in [0.15, 0.2) is 11.7 Å². The van der Waals surface area contributed by atoms with Gasteiger partial charge in [-0.25, -0.2) is 4.98 Å². The van der Waals surface area contributed by atoms with Crippen LogP contribution in [0.5, 0.6) is 0 Å². The molecule has 2 aromatic rings. The topological polar surface area (TPSA) is 63.4 Å². The Morgan fingerprint density at radius 1 is 1.20 bits per heavy atom. The van der Waals surface area contributed by atoms with E-state index in [1.54, 1.807) is 4.90 Å². The molecule has 0 spiro atoms. The average molecular weight is 338 g/mol. The summed E-state index contributed by atoms with van der Waals surface area (Å²) in [7, 11) is 0. The van der Waals surface area contributed by atoms with Crippen molar-refractivity contribution in [2.24, 2.45) is 0 Å². The number of aryl methyl sites for hydroxylation is 1. The fraction of sp³-hybridized carbons (Fsp3) is 0.450. The van der Waals surface area contributed by atoms with E-state index in [1.807, 2.05) is 37.3 Å². The van der Waals surface area contributed by atoms with Crippen LogP contribution in [0, 0.1) is 6.92 Å². The number of amides is 1. The Morgan fingerprint density at radius 2 is 1.96 bits per heavy atom. The number of carbonyl (C=O) groups excluding carboxylic acids is 2. The van der Waals surface area contributed by atoms with Gasteiger partial charge >= 0.3 is 0 Å². The van der Waals surface area contributed by atoms with Crippen molar-refractivity contribution in [2.75, 3.05) is 6.54 Å². The van der Waals surface area contributed by atoms with E-state index in [0.717, 1.165) is 25.7 Å². The number of hydrogen-bond donors (Lipinski definition) is 0. The van der Waals surface area contributed by atoms with E-state index in [2.05, 4.69) is 4.98 Å². The van der Waals surface area contributed by atoms with Crippen LogP contribution in [0.1, 0.15) is 70.5 Å². The molecule has 5 heteroatoms. The van der Waals surface area contributed by atoms with Gasteiger partial charge in [-0.1, -0.05) is 30.3 Å². The molecule has 0 radical (unpaired) electrons. The molecule has 5 nitrogen and oxygen atoms in total. The summed E-state index contributed by atoms with van der Waals surface area (Å²) < 4.78 is 5.76. The number of rotatable bonds is 5. The number of ketones is 1. The SMILES string of the molecule is Cc1nc(C2CC2)oc1C(=O)N1CCC[C@H]1CC(=O)c1ccccc1. The Balaban J connectivity index is 1.49. The summed E-state index contributed by atoms with van der Waals surface area (Å²) in [5, 5.41) is 0. The van der Waals surface area contributed by atoms with Crippen LogP contribution in [-0.2, 0) is 0 Å². The van der Waals surface area contributed by atoms with Crippen molar-refractivity contribution in [3.63, 3.8) is 0 Å². The van der Waals surface area contributed by atoms with E-state index in [-0.39, 0.29) is 17.7 Å². The first-order chi connectivity index (χ1) is 12.1. The van der Waals surface area contributed by atoms with Crippen LogP contribution in [0.25, 0.3) is 0 Å². The van der Waals surface area contributed by atoms with Crippen LogP contribution in [-0.4, -0.2) is 34.2 Å². The fourth-order valence-electron chi connectivity index (χ4n) is 3.52. The lowest BCUT2D eigenvalue weighted by atomic mass is 10.0. The molecule has 2 heterocycles. The molecule has 1 aliphatic carbocycles. The molecule has 1 aromatic carbocycles. The van der Waals surface area contributed by atoms with Crippen molar-refractivity contribution in [1.29, 1.82) is 0 Å². The van der Waals surface area contributed by atoms with E-state index < -0.39 is 0 Å². The van der Waals surface area contributed by atoms with Crippen LogP contribution in [0.3, 0.4) is 0 Å². The molecule has 130 valence electrons. The Kier molecular flexibility index (Phi) is 4.15. The van der Waals surface area contributed by atoms with Crippen molar-refractivity contribution in [1.82, 2.24) is 9.88 Å². The van der Waals surface area contributed by atoms with Gasteiger partial charge in [0.1, 0.15) is 0 Å². The summed E-state index contributed by atoms with van der Waals surface area (Å²) in [6.45, 7) is 2.49. The van der Waals surface area contributed by atoms with Gasteiger partial charge in [-0.15, -0.1) is 0 Å². The molecule has 1 atom stereocenters. The van der Waals surface area contributed by atoms with Crippen molar-refractivity contribution >= 4 is 11.7 Å². The quantitative estimate of drug-likeness (QED) is 0.779. The molecule has 2 fully saturated rings. The second-order valence-electron chi connectivity index (χ2n) is 7.03. The molecule has 4 rings (SSSR count). The van der Waals surface area contributed by atoms with E-state index in [9.17, 15) is 9.59 Å². The van der Waals surface area contributed by atoms with Crippen molar-refractivity contribution < 1.29 is 14.0 Å². The molecular weight excluding hydrogens is 316 g/mol. The molecular formula is C20H22N2O3. The Bertz CT molecular complexity index is 793. The molecule has 0 N–H and O–H groups in total. The first-order valence-electron chi connectivity index (χ1n) is 9.00. The summed E-state index contributed by atoms with van der Waals surface area (Å²) in [4.78, 5) is 31.6. The molecule has 1 saturated heterocycles. The molecule has 2 aliphatic rings. The maximum atomic E-state index is 12.9. The van der Waals surface area contributed by atoms with E-state index in [1.165, 1.54) is 0 Å². The second kappa shape index (κ2) is 6.47. The third-order valence-electron chi connectivity index (χ3n) is 5.09. The minimum atomic E-state index is -0.125. The minimum absolute atomic E-state index is 0.0610. The first kappa shape index (κ1) is 16.1. The second-order valence-corrected chi connectivity index (χ2v) is 7.03. The van der Waals surface area contributed by atoms with Crippen LogP contribution >= 0.6 is 0 Å². The lowest BCUT2D eigenvalue weighted by Crippen LogP contribution is -2.37. The predicted molar refractivity (Wildman–Crippen MR) is 92.7 cm³/mol. The number of benzene rings is 1. The maximum Gasteiger partial charge on any atom is 0.291 e. The number of oxazole rings is 1. The minimum Gasteiger partial charge on any atom is -0.435 e. The highest BCUT2D eigenvalue weighted by Gasteiger charge is 2.36. The number of nitrogens with zero attached hydrogens (tertiary/aromatic N) is 2. The lowest BCUT2D eigenvalue weighted by Gasteiger charge is -2.23. The van der Waals surface area contributed by atoms with Crippen LogP contribution in [0.15, 0.2) is 34.7 Å². The van der Waals surface area contributed by atoms with Gasteiger partial charge in [0.05, 0.1) is 5.69 Å². The average Bonchev–Trinajstić information content (AvgIpc) is 3.26. The van der Waals surface area contributed by atoms with Crippen molar-refractivity contribution in [2.45, 2.75) is 51.0 Å². The summed E-state index contributed by atoms with van der Waals surface area (Å²) in [5.74, 6) is 1.38. The zero-order valence-electron chi connectivity index (χ0n) is 14.4. The van der Waals surface area contributed by atoms with Crippen LogP contribution in [0.4, 0.5) is 0 Å². The Morgan fingerprint density at radius 3 is 2.68 bits per heavy atom. The van der Waals surface area contributed by atoms with Gasteiger partial charge < -0.3 is 9.32 Å². The molecule has 25 heavy (non-hydrogen) atoms. The number of aromatic nitrogens is 1. The normalized spacial score (nSPS) is 20.0. The van der Waals surface area contributed by atoms with Gasteiger partial charge in [-0.2, -0.15) is 0 Å². The Hall–Kier alpha value is -2.43. The number of hydrogen-bond acceptors (Lipinski definition) is 4. The number of likely N-dealkylation sites (tertiary alicyclic amines) is 1. The van der Waals surface area contributed by atoms with Crippen molar-refractivity contribution in [3.8, 4) is 0 Å². The van der Waals surface area contributed by atoms with E-state index >= 15 is 0 Å². The zero-order chi connectivity index (χ0) is 17.4. The van der Waals surface area contributed by atoms with Crippen LogP contribution in [0.2, 0.25) is 0 Å². The van der Waals surface area contributed by atoms with Crippen molar-refractivity contribution in [3.05, 3.63) is 53.2 Å². The standard InChI is InChI=1S/C20H22N2O3/c1-13-18(25-19(21-13)15-9-10-15)20(24)22-11-5-8-16(22)12-17(23)14-6-3-2-4-7-14/h2-4,6-7,15-16H,5,8-12H2,1H3/t16-/m0/s1. The lowest BCUT2D eigenvalue weighted by molar-refractivity contribution is 0.0684. The Labute approximate surface area is 147 Å². The first-order valence-corrected chi connectivity index (χ1v) is 9.00. The predicted octanol–water partition coefficient (Wildman–Crippen LogP) is 3.74. The molecule has 1 saturated carbocycles. The van der Waals surface area contributed by atoms with E-state index in [4.69, 9.17) is 4.42 Å². The molecule has 1 amide bonds. The van der Waals surface area contributed by atoms with E-state index in [0.29, 0.717) is 41.8 Å². The monoisotopic (exact) mass is 338 g/mol. The maximum absolute atomic E-state index is 12.9. The summed E-state index contributed by atoms with van der Waals surface area (Å²) in [6.07, 6.45) is 4.31. The van der Waals surface area contributed by atoms with Gasteiger partial charge in [0.25, 0.3) is 5.91 Å². The van der Waals surface area contributed by atoms with Crippen LogP contribution < -0.4 is 0 Å². The zero-order valence-corrected chi connectivity index (χ0v) is 14.4. The number of carbonyl (C=O) groups is 2. The molecule has 1 aromatic heterocycles. The smallest absolute Gasteiger partial charge is 0.291 e. The third kappa shape index (κ3) is 3.23. The molecule has 1 aliphatic heterocycles. The highest BCUT2D eigenvalue weighted by molar-refractivity contribution is 5.97.